The van der Waals surface area contributed by atoms with Gasteiger partial charge in [-0.2, -0.15) is 0 Å². The Morgan fingerprint density at radius 2 is 1.78 bits per heavy atom. The van der Waals surface area contributed by atoms with Crippen molar-refractivity contribution in [3.8, 4) is 0 Å². The zero-order valence-corrected chi connectivity index (χ0v) is 17.2. The number of amides is 1. The molecule has 1 aliphatic rings. The SMILES string of the molecule is CCCCC1CCC(C(=O)N(CCC(=O)OC)Cc2ccc(C)cc2)CC1. The molecular weight excluding hydrogens is 338 g/mol. The Balaban J connectivity index is 1.97. The molecule has 0 spiro atoms. The van der Waals surface area contributed by atoms with E-state index in [9.17, 15) is 9.59 Å². The summed E-state index contributed by atoms with van der Waals surface area (Å²) in [5, 5.41) is 0. The van der Waals surface area contributed by atoms with E-state index in [1.54, 1.807) is 0 Å². The quantitative estimate of drug-likeness (QED) is 0.579. The fourth-order valence-electron chi connectivity index (χ4n) is 3.96. The largest absolute Gasteiger partial charge is 0.469 e. The van der Waals surface area contributed by atoms with E-state index in [2.05, 4.69) is 38.1 Å². The normalized spacial score (nSPS) is 19.5. The van der Waals surface area contributed by atoms with Gasteiger partial charge in [0.25, 0.3) is 0 Å². The number of rotatable bonds is 9. The maximum atomic E-state index is 13.2. The van der Waals surface area contributed by atoms with Crippen molar-refractivity contribution in [2.75, 3.05) is 13.7 Å². The number of nitrogens with zero attached hydrogens (tertiary/aromatic N) is 1. The smallest absolute Gasteiger partial charge is 0.307 e. The first kappa shape index (κ1) is 21.5. The monoisotopic (exact) mass is 373 g/mol. The molecule has 150 valence electrons. The number of ether oxygens (including phenoxy) is 1. The summed E-state index contributed by atoms with van der Waals surface area (Å²) in [5.41, 5.74) is 2.31. The van der Waals surface area contributed by atoms with Crippen LogP contribution in [-0.4, -0.2) is 30.4 Å². The van der Waals surface area contributed by atoms with E-state index < -0.39 is 0 Å². The summed E-state index contributed by atoms with van der Waals surface area (Å²) < 4.78 is 4.77. The number of hydrogen-bond acceptors (Lipinski definition) is 3. The molecular formula is C23H35NO3. The Labute approximate surface area is 164 Å². The molecule has 0 radical (unpaired) electrons. The number of carbonyl (C=O) groups is 2. The van der Waals surface area contributed by atoms with Gasteiger partial charge in [0, 0.05) is 19.0 Å². The van der Waals surface area contributed by atoms with Gasteiger partial charge in [0.2, 0.25) is 5.91 Å². The van der Waals surface area contributed by atoms with Gasteiger partial charge in [-0.25, -0.2) is 0 Å². The van der Waals surface area contributed by atoms with Crippen molar-refractivity contribution in [2.45, 2.75) is 71.8 Å². The predicted octanol–water partition coefficient (Wildman–Crippen LogP) is 4.88. The van der Waals surface area contributed by atoms with Crippen molar-refractivity contribution >= 4 is 11.9 Å². The molecule has 1 aliphatic carbocycles. The van der Waals surface area contributed by atoms with Gasteiger partial charge in [0.05, 0.1) is 13.5 Å². The fourth-order valence-corrected chi connectivity index (χ4v) is 3.96. The molecule has 0 saturated heterocycles. The van der Waals surface area contributed by atoms with Crippen LogP contribution in [0, 0.1) is 18.8 Å². The predicted molar refractivity (Wildman–Crippen MR) is 108 cm³/mol. The number of unbranched alkanes of at least 4 members (excludes halogenated alkanes) is 1. The van der Waals surface area contributed by atoms with Crippen LogP contribution in [0.3, 0.4) is 0 Å². The molecule has 1 saturated carbocycles. The number of hydrogen-bond donors (Lipinski definition) is 0. The van der Waals surface area contributed by atoms with Crippen LogP contribution in [0.1, 0.15) is 69.4 Å². The molecule has 4 nitrogen and oxygen atoms in total. The standard InChI is InChI=1S/C23H35NO3/c1-4-5-6-19-11-13-21(14-12-19)23(26)24(16-15-22(25)27-3)17-20-9-7-18(2)8-10-20/h7-10,19,21H,4-6,11-17H2,1-3H3. The van der Waals surface area contributed by atoms with Crippen LogP contribution in [0.5, 0.6) is 0 Å². The van der Waals surface area contributed by atoms with E-state index in [0.29, 0.717) is 13.1 Å². The topological polar surface area (TPSA) is 46.6 Å². The van der Waals surface area contributed by atoms with Crippen LogP contribution >= 0.6 is 0 Å². The maximum Gasteiger partial charge on any atom is 0.307 e. The Kier molecular flexibility index (Phi) is 8.83. The molecule has 0 unspecified atom stereocenters. The summed E-state index contributed by atoms with van der Waals surface area (Å²) in [7, 11) is 1.39. The lowest BCUT2D eigenvalue weighted by Gasteiger charge is -2.32. The number of benzene rings is 1. The van der Waals surface area contributed by atoms with Gasteiger partial charge in [0.15, 0.2) is 0 Å². The molecule has 4 heteroatoms. The van der Waals surface area contributed by atoms with E-state index in [0.717, 1.165) is 37.2 Å². The molecule has 27 heavy (non-hydrogen) atoms. The summed E-state index contributed by atoms with van der Waals surface area (Å²) in [6.07, 6.45) is 8.37. The summed E-state index contributed by atoms with van der Waals surface area (Å²) in [6, 6.07) is 8.26. The molecule has 1 fully saturated rings. The van der Waals surface area contributed by atoms with Gasteiger partial charge in [-0.1, -0.05) is 56.0 Å². The van der Waals surface area contributed by atoms with Crippen LogP contribution in [0.2, 0.25) is 0 Å². The van der Waals surface area contributed by atoms with E-state index in [4.69, 9.17) is 4.74 Å². The second-order valence-corrected chi connectivity index (χ2v) is 7.93. The third kappa shape index (κ3) is 7.00. The molecule has 0 atom stereocenters. The lowest BCUT2D eigenvalue weighted by molar-refractivity contribution is -0.143. The van der Waals surface area contributed by atoms with Crippen molar-refractivity contribution in [1.29, 1.82) is 0 Å². The van der Waals surface area contributed by atoms with E-state index in [-0.39, 0.29) is 24.2 Å². The lowest BCUT2D eigenvalue weighted by Crippen LogP contribution is -2.38. The van der Waals surface area contributed by atoms with Crippen molar-refractivity contribution in [1.82, 2.24) is 4.90 Å². The van der Waals surface area contributed by atoms with Crippen molar-refractivity contribution in [2.24, 2.45) is 11.8 Å². The Bertz CT molecular complexity index is 588. The van der Waals surface area contributed by atoms with Gasteiger partial charge in [-0.3, -0.25) is 9.59 Å². The summed E-state index contributed by atoms with van der Waals surface area (Å²) in [5.74, 6) is 0.828. The molecule has 0 aliphatic heterocycles. The highest BCUT2D eigenvalue weighted by molar-refractivity contribution is 5.79. The first-order chi connectivity index (χ1) is 13.0. The summed E-state index contributed by atoms with van der Waals surface area (Å²) >= 11 is 0. The highest BCUT2D eigenvalue weighted by atomic mass is 16.5. The highest BCUT2D eigenvalue weighted by Gasteiger charge is 2.29. The zero-order valence-electron chi connectivity index (χ0n) is 17.2. The van der Waals surface area contributed by atoms with Gasteiger partial charge >= 0.3 is 5.97 Å². The minimum Gasteiger partial charge on any atom is -0.469 e. The third-order valence-corrected chi connectivity index (χ3v) is 5.78. The summed E-state index contributed by atoms with van der Waals surface area (Å²) in [6.45, 7) is 5.28. The minimum atomic E-state index is -0.264. The molecule has 1 aromatic carbocycles. The Morgan fingerprint density at radius 1 is 1.11 bits per heavy atom. The van der Waals surface area contributed by atoms with E-state index in [1.807, 2.05) is 4.90 Å². The first-order valence-electron chi connectivity index (χ1n) is 10.4. The van der Waals surface area contributed by atoms with Crippen LogP contribution < -0.4 is 0 Å². The fraction of sp³-hybridized carbons (Fsp3) is 0.652. The van der Waals surface area contributed by atoms with Crippen LogP contribution in [-0.2, 0) is 20.9 Å². The Morgan fingerprint density at radius 3 is 2.37 bits per heavy atom. The lowest BCUT2D eigenvalue weighted by atomic mass is 9.79. The van der Waals surface area contributed by atoms with Crippen LogP contribution in [0.4, 0.5) is 0 Å². The molecule has 0 aromatic heterocycles. The second-order valence-electron chi connectivity index (χ2n) is 7.93. The van der Waals surface area contributed by atoms with Crippen molar-refractivity contribution in [3.63, 3.8) is 0 Å². The summed E-state index contributed by atoms with van der Waals surface area (Å²) in [4.78, 5) is 26.6. The third-order valence-electron chi connectivity index (χ3n) is 5.78. The van der Waals surface area contributed by atoms with Gasteiger partial charge in [0.1, 0.15) is 0 Å². The molecule has 0 heterocycles. The minimum absolute atomic E-state index is 0.103. The van der Waals surface area contributed by atoms with Crippen molar-refractivity contribution in [3.05, 3.63) is 35.4 Å². The van der Waals surface area contributed by atoms with Crippen molar-refractivity contribution < 1.29 is 14.3 Å². The van der Waals surface area contributed by atoms with Gasteiger partial charge in [-0.15, -0.1) is 0 Å². The Hall–Kier alpha value is -1.84. The maximum absolute atomic E-state index is 13.2. The first-order valence-corrected chi connectivity index (χ1v) is 10.4. The molecule has 1 amide bonds. The highest BCUT2D eigenvalue weighted by Crippen LogP contribution is 2.33. The number of esters is 1. The number of aryl methyl sites for hydroxylation is 1. The van der Waals surface area contributed by atoms with Crippen LogP contribution in [0.15, 0.2) is 24.3 Å². The number of carbonyl (C=O) groups excluding carboxylic acids is 2. The second kappa shape index (κ2) is 11.1. The van der Waals surface area contributed by atoms with E-state index in [1.165, 1.54) is 31.9 Å². The zero-order chi connectivity index (χ0) is 19.6. The van der Waals surface area contributed by atoms with Gasteiger partial charge in [-0.05, 0) is 44.1 Å². The molecule has 1 aromatic rings. The van der Waals surface area contributed by atoms with Crippen LogP contribution in [0.25, 0.3) is 0 Å². The average Bonchev–Trinajstić information content (AvgIpc) is 2.70. The van der Waals surface area contributed by atoms with Gasteiger partial charge < -0.3 is 9.64 Å². The number of methoxy groups -OCH3 is 1. The molecule has 0 N–H and O–H groups in total. The molecule has 0 bridgehead atoms. The van der Waals surface area contributed by atoms with E-state index >= 15 is 0 Å². The molecule has 2 rings (SSSR count). The average molecular weight is 374 g/mol.